The van der Waals surface area contributed by atoms with Crippen LogP contribution in [0.1, 0.15) is 11.6 Å². The van der Waals surface area contributed by atoms with Gasteiger partial charge in [-0.1, -0.05) is 0 Å². The summed E-state index contributed by atoms with van der Waals surface area (Å²) >= 11 is 2.03. The minimum atomic E-state index is 0.942. The lowest BCUT2D eigenvalue weighted by Gasteiger charge is -2.25. The van der Waals surface area contributed by atoms with Gasteiger partial charge in [-0.3, -0.25) is 4.90 Å². The molecule has 0 radical (unpaired) electrons. The number of hydrogen-bond acceptors (Lipinski definition) is 4. The van der Waals surface area contributed by atoms with Crippen LogP contribution in [-0.4, -0.2) is 44.3 Å². The number of nitrogens with zero attached hydrogens (tertiary/aromatic N) is 4. The normalized spacial score (nSPS) is 18.7. The Labute approximate surface area is 88.7 Å². The maximum atomic E-state index is 4.17. The molecule has 0 saturated carbocycles. The van der Waals surface area contributed by atoms with Crippen molar-refractivity contribution < 1.29 is 0 Å². The molecule has 1 saturated heterocycles. The van der Waals surface area contributed by atoms with Crippen LogP contribution in [0.5, 0.6) is 0 Å². The Morgan fingerprint density at radius 3 is 2.57 bits per heavy atom. The monoisotopic (exact) mass is 212 g/mol. The highest BCUT2D eigenvalue weighted by Crippen LogP contribution is 2.11. The van der Waals surface area contributed by atoms with Crippen molar-refractivity contribution in [3.05, 3.63) is 11.6 Å². The highest BCUT2D eigenvalue weighted by Gasteiger charge is 2.13. The van der Waals surface area contributed by atoms with Gasteiger partial charge < -0.3 is 4.57 Å². The second kappa shape index (κ2) is 4.31. The first-order valence-corrected chi connectivity index (χ1v) is 6.08. The lowest BCUT2D eigenvalue weighted by Crippen LogP contribution is -2.32. The van der Waals surface area contributed by atoms with E-state index in [1.165, 1.54) is 24.6 Å². The molecule has 0 N–H and O–H groups in total. The van der Waals surface area contributed by atoms with Crippen LogP contribution in [0.2, 0.25) is 0 Å². The van der Waals surface area contributed by atoms with Gasteiger partial charge in [0.15, 0.2) is 0 Å². The van der Waals surface area contributed by atoms with Crippen molar-refractivity contribution in [2.75, 3.05) is 24.6 Å². The van der Waals surface area contributed by atoms with E-state index in [0.29, 0.717) is 0 Å². The molecule has 1 aromatic heterocycles. The molecule has 1 fully saturated rings. The number of thioether (sulfide) groups is 1. The van der Waals surface area contributed by atoms with E-state index in [1.807, 2.05) is 25.7 Å². The van der Waals surface area contributed by atoms with Crippen molar-refractivity contribution in [3.63, 3.8) is 0 Å². The molecule has 0 aliphatic carbocycles. The highest BCUT2D eigenvalue weighted by molar-refractivity contribution is 7.99. The molecule has 2 rings (SSSR count). The summed E-state index contributed by atoms with van der Waals surface area (Å²) in [6, 6.07) is 0. The molecular formula is C9H16N4S. The second-order valence-electron chi connectivity index (χ2n) is 3.61. The van der Waals surface area contributed by atoms with E-state index in [2.05, 4.69) is 19.7 Å². The van der Waals surface area contributed by atoms with Crippen LogP contribution < -0.4 is 0 Å². The smallest absolute Gasteiger partial charge is 0.146 e. The molecule has 1 aliphatic heterocycles. The molecule has 1 aromatic rings. The summed E-state index contributed by atoms with van der Waals surface area (Å²) in [5, 5.41) is 8.24. The zero-order chi connectivity index (χ0) is 9.97. The van der Waals surface area contributed by atoms with Crippen LogP contribution in [0.25, 0.3) is 0 Å². The predicted octanol–water partition coefficient (Wildman–Crippen LogP) is 0.672. The molecule has 14 heavy (non-hydrogen) atoms. The fourth-order valence-electron chi connectivity index (χ4n) is 1.55. The van der Waals surface area contributed by atoms with E-state index in [9.17, 15) is 0 Å². The maximum Gasteiger partial charge on any atom is 0.146 e. The van der Waals surface area contributed by atoms with Crippen LogP contribution in [-0.2, 0) is 13.6 Å². The third-order valence-corrected chi connectivity index (χ3v) is 3.59. The van der Waals surface area contributed by atoms with Crippen LogP contribution >= 0.6 is 11.8 Å². The summed E-state index contributed by atoms with van der Waals surface area (Å²) in [6.45, 7) is 5.29. The molecule has 78 valence electrons. The van der Waals surface area contributed by atoms with E-state index in [1.54, 1.807) is 0 Å². The predicted molar refractivity (Wildman–Crippen MR) is 58.3 cm³/mol. The van der Waals surface area contributed by atoms with Crippen molar-refractivity contribution in [2.24, 2.45) is 7.05 Å². The highest BCUT2D eigenvalue weighted by atomic mass is 32.2. The summed E-state index contributed by atoms with van der Waals surface area (Å²) in [5.74, 6) is 4.56. The number of aromatic nitrogens is 3. The molecule has 2 heterocycles. The first-order valence-electron chi connectivity index (χ1n) is 4.92. The maximum absolute atomic E-state index is 4.17. The largest absolute Gasteiger partial charge is 0.317 e. The van der Waals surface area contributed by atoms with Gasteiger partial charge in [0.1, 0.15) is 11.6 Å². The number of hydrogen-bond donors (Lipinski definition) is 0. The van der Waals surface area contributed by atoms with Gasteiger partial charge in [0.05, 0.1) is 6.54 Å². The summed E-state index contributed by atoms with van der Waals surface area (Å²) in [5.41, 5.74) is 0. The SMILES string of the molecule is Cc1nnc(CN2CCSCC2)n1C. The number of aryl methyl sites for hydroxylation is 1. The third kappa shape index (κ3) is 2.09. The number of rotatable bonds is 2. The van der Waals surface area contributed by atoms with Crippen LogP contribution in [0.3, 0.4) is 0 Å². The molecule has 0 aromatic carbocycles. The lowest BCUT2D eigenvalue weighted by atomic mass is 10.4. The first-order chi connectivity index (χ1) is 6.77. The molecule has 0 atom stereocenters. The van der Waals surface area contributed by atoms with Gasteiger partial charge >= 0.3 is 0 Å². The zero-order valence-corrected chi connectivity index (χ0v) is 9.55. The molecule has 4 nitrogen and oxygen atoms in total. The Morgan fingerprint density at radius 2 is 2.00 bits per heavy atom. The van der Waals surface area contributed by atoms with E-state index in [-0.39, 0.29) is 0 Å². The van der Waals surface area contributed by atoms with Crippen LogP contribution in [0.15, 0.2) is 0 Å². The van der Waals surface area contributed by atoms with Gasteiger partial charge in [-0.2, -0.15) is 11.8 Å². The minimum absolute atomic E-state index is 0.942. The molecule has 0 amide bonds. The van der Waals surface area contributed by atoms with Crippen molar-refractivity contribution in [1.82, 2.24) is 19.7 Å². The average molecular weight is 212 g/mol. The van der Waals surface area contributed by atoms with Gasteiger partial charge in [0.25, 0.3) is 0 Å². The zero-order valence-electron chi connectivity index (χ0n) is 8.73. The van der Waals surface area contributed by atoms with Crippen LogP contribution in [0, 0.1) is 6.92 Å². The minimum Gasteiger partial charge on any atom is -0.317 e. The summed E-state index contributed by atoms with van der Waals surface area (Å²) in [6.07, 6.45) is 0. The molecule has 5 heteroatoms. The van der Waals surface area contributed by atoms with Crippen LogP contribution in [0.4, 0.5) is 0 Å². The fraction of sp³-hybridized carbons (Fsp3) is 0.778. The summed E-state index contributed by atoms with van der Waals surface area (Å²) in [7, 11) is 2.03. The van der Waals surface area contributed by atoms with Crippen molar-refractivity contribution in [2.45, 2.75) is 13.5 Å². The summed E-state index contributed by atoms with van der Waals surface area (Å²) < 4.78 is 2.07. The van der Waals surface area contributed by atoms with Gasteiger partial charge in [-0.05, 0) is 6.92 Å². The second-order valence-corrected chi connectivity index (χ2v) is 4.84. The van der Waals surface area contributed by atoms with E-state index < -0.39 is 0 Å². The summed E-state index contributed by atoms with van der Waals surface area (Å²) in [4.78, 5) is 2.44. The van der Waals surface area contributed by atoms with Gasteiger partial charge in [0, 0.05) is 31.6 Å². The first kappa shape index (κ1) is 9.98. The van der Waals surface area contributed by atoms with E-state index >= 15 is 0 Å². The van der Waals surface area contributed by atoms with Gasteiger partial charge in [-0.25, -0.2) is 0 Å². The van der Waals surface area contributed by atoms with E-state index in [0.717, 1.165) is 18.2 Å². The fourth-order valence-corrected chi connectivity index (χ4v) is 2.53. The molecule has 1 aliphatic rings. The Morgan fingerprint density at radius 1 is 1.29 bits per heavy atom. The average Bonchev–Trinajstić information content (AvgIpc) is 2.52. The van der Waals surface area contributed by atoms with E-state index in [4.69, 9.17) is 0 Å². The third-order valence-electron chi connectivity index (χ3n) is 2.65. The lowest BCUT2D eigenvalue weighted by molar-refractivity contribution is 0.283. The molecular weight excluding hydrogens is 196 g/mol. The van der Waals surface area contributed by atoms with Crippen molar-refractivity contribution in [1.29, 1.82) is 0 Å². The topological polar surface area (TPSA) is 34.0 Å². The van der Waals surface area contributed by atoms with Gasteiger partial charge in [-0.15, -0.1) is 10.2 Å². The molecule has 0 spiro atoms. The Kier molecular flexibility index (Phi) is 3.08. The molecule has 0 bridgehead atoms. The van der Waals surface area contributed by atoms with Crippen molar-refractivity contribution >= 4 is 11.8 Å². The Bertz CT molecular complexity index is 304. The van der Waals surface area contributed by atoms with Crippen molar-refractivity contribution in [3.8, 4) is 0 Å². The molecule has 0 unspecified atom stereocenters. The van der Waals surface area contributed by atoms with Gasteiger partial charge in [0.2, 0.25) is 0 Å². The standard InChI is InChI=1S/C9H16N4S/c1-8-10-11-9(12(8)2)7-13-3-5-14-6-4-13/h3-7H2,1-2H3. The Hall–Kier alpha value is -0.550. The Balaban J connectivity index is 1.99. The quantitative estimate of drug-likeness (QED) is 0.721.